The lowest BCUT2D eigenvalue weighted by atomic mass is 9.64. The number of nitrogens with two attached hydrogens (primary N) is 1. The van der Waals surface area contributed by atoms with Gasteiger partial charge in [-0.15, -0.1) is 0 Å². The summed E-state index contributed by atoms with van der Waals surface area (Å²) in [5.74, 6) is -2.40. The highest BCUT2D eigenvalue weighted by molar-refractivity contribution is 6.31. The van der Waals surface area contributed by atoms with Gasteiger partial charge in [-0.2, -0.15) is 5.26 Å². The summed E-state index contributed by atoms with van der Waals surface area (Å²) in [7, 11) is 0. The first-order valence-corrected chi connectivity index (χ1v) is 8.44. The molecule has 28 heavy (non-hydrogen) atoms. The molecule has 2 aromatic carbocycles. The number of para-hydroxylation sites is 1. The number of rotatable bonds is 0. The number of ether oxygens (including phenoxy) is 1. The lowest BCUT2D eigenvalue weighted by molar-refractivity contribution is -0.118. The number of fused-ring (bicyclic) bond motifs is 4. The first-order valence-electron chi connectivity index (χ1n) is 8.44. The maximum Gasteiger partial charge on any atom is 0.245 e. The molecule has 0 saturated carbocycles. The first-order chi connectivity index (χ1) is 13.5. The number of ketones is 2. The topological polar surface area (TPSA) is 122 Å². The predicted molar refractivity (Wildman–Crippen MR) is 96.8 cm³/mol. The third kappa shape index (κ3) is 1.65. The Kier molecular flexibility index (Phi) is 2.96. The monoisotopic (exact) mass is 369 g/mol. The molecule has 0 unspecified atom stereocenters. The standard InChI is InChI=1S/C21H11N3O4/c22-9-13-19(23)28-18-15(16(25)10-5-1-2-6-11(10)17(18)26)21(13)12-7-3-4-8-14(12)24-20(21)27/h1-8H,23H2,(H,24,27)/t21-/m1/s1. The Hall–Kier alpha value is -4.18. The van der Waals surface area contributed by atoms with Crippen molar-refractivity contribution in [2.75, 3.05) is 5.32 Å². The largest absolute Gasteiger partial charge is 0.436 e. The molecule has 3 aliphatic rings. The summed E-state index contributed by atoms with van der Waals surface area (Å²) in [6.45, 7) is 0. The van der Waals surface area contributed by atoms with Crippen LogP contribution in [0.3, 0.4) is 0 Å². The van der Waals surface area contributed by atoms with Gasteiger partial charge in [0, 0.05) is 22.4 Å². The Balaban J connectivity index is 1.92. The van der Waals surface area contributed by atoms with Crippen molar-refractivity contribution in [2.45, 2.75) is 5.41 Å². The lowest BCUT2D eigenvalue weighted by Crippen LogP contribution is -2.47. The Morgan fingerprint density at radius 3 is 2.32 bits per heavy atom. The fraction of sp³-hybridized carbons (Fsp3) is 0.0476. The summed E-state index contributed by atoms with van der Waals surface area (Å²) in [5, 5.41) is 12.5. The lowest BCUT2D eigenvalue weighted by Gasteiger charge is -2.36. The zero-order valence-electron chi connectivity index (χ0n) is 14.3. The second-order valence-corrected chi connectivity index (χ2v) is 6.61. The van der Waals surface area contributed by atoms with Gasteiger partial charge in [0.2, 0.25) is 17.6 Å². The van der Waals surface area contributed by atoms with Gasteiger partial charge in [-0.3, -0.25) is 14.4 Å². The van der Waals surface area contributed by atoms with Crippen LogP contribution in [0.1, 0.15) is 26.3 Å². The summed E-state index contributed by atoms with van der Waals surface area (Å²) in [6, 6.07) is 14.9. The molecule has 2 aromatic rings. The van der Waals surface area contributed by atoms with E-state index in [0.29, 0.717) is 11.3 Å². The number of carbonyl (C=O) groups is 3. The van der Waals surface area contributed by atoms with Crippen molar-refractivity contribution < 1.29 is 19.1 Å². The maximum atomic E-state index is 13.4. The average molecular weight is 369 g/mol. The first kappa shape index (κ1) is 16.0. The third-order valence-electron chi connectivity index (χ3n) is 5.32. The van der Waals surface area contributed by atoms with Gasteiger partial charge in [0.05, 0.1) is 5.57 Å². The van der Waals surface area contributed by atoms with Gasteiger partial charge < -0.3 is 15.8 Å². The zero-order chi connectivity index (χ0) is 19.6. The number of benzene rings is 2. The van der Waals surface area contributed by atoms with Crippen molar-refractivity contribution in [3.8, 4) is 6.07 Å². The highest BCUT2D eigenvalue weighted by atomic mass is 16.5. The quantitative estimate of drug-likeness (QED) is 0.732. The summed E-state index contributed by atoms with van der Waals surface area (Å²) in [5.41, 5.74) is 4.89. The number of nitriles is 1. The minimum absolute atomic E-state index is 0.157. The maximum absolute atomic E-state index is 13.4. The zero-order valence-corrected chi connectivity index (χ0v) is 14.3. The molecule has 0 saturated heterocycles. The van der Waals surface area contributed by atoms with E-state index >= 15 is 0 Å². The van der Waals surface area contributed by atoms with Crippen molar-refractivity contribution in [3.05, 3.63) is 88.0 Å². The highest BCUT2D eigenvalue weighted by Gasteiger charge is 2.61. The number of anilines is 1. The molecule has 0 bridgehead atoms. The van der Waals surface area contributed by atoms with Crippen LogP contribution in [0.25, 0.3) is 0 Å². The van der Waals surface area contributed by atoms with Gasteiger partial charge in [0.25, 0.3) is 0 Å². The van der Waals surface area contributed by atoms with E-state index in [-0.39, 0.29) is 33.9 Å². The van der Waals surface area contributed by atoms with E-state index < -0.39 is 22.9 Å². The Morgan fingerprint density at radius 1 is 0.964 bits per heavy atom. The second kappa shape index (κ2) is 5.18. The highest BCUT2D eigenvalue weighted by Crippen LogP contribution is 2.53. The Bertz CT molecular complexity index is 1250. The van der Waals surface area contributed by atoms with Crippen LogP contribution in [0.4, 0.5) is 5.69 Å². The van der Waals surface area contributed by atoms with Crippen molar-refractivity contribution in [1.82, 2.24) is 0 Å². The van der Waals surface area contributed by atoms with Crippen LogP contribution >= 0.6 is 0 Å². The van der Waals surface area contributed by atoms with Gasteiger partial charge in [0.15, 0.2) is 11.5 Å². The summed E-state index contributed by atoms with van der Waals surface area (Å²) in [6.07, 6.45) is 0. The summed E-state index contributed by atoms with van der Waals surface area (Å²) in [4.78, 5) is 39.7. The molecule has 0 aromatic heterocycles. The van der Waals surface area contributed by atoms with E-state index in [1.807, 2.05) is 6.07 Å². The summed E-state index contributed by atoms with van der Waals surface area (Å²) >= 11 is 0. The average Bonchev–Trinajstić information content (AvgIpc) is 2.99. The molecule has 2 aliphatic heterocycles. The van der Waals surface area contributed by atoms with Gasteiger partial charge in [-0.1, -0.05) is 42.5 Å². The molecule has 7 heteroatoms. The number of hydrogen-bond acceptors (Lipinski definition) is 6. The normalized spacial score (nSPS) is 22.3. The molecule has 1 amide bonds. The van der Waals surface area contributed by atoms with Crippen LogP contribution in [0.2, 0.25) is 0 Å². The van der Waals surface area contributed by atoms with Gasteiger partial charge in [0.1, 0.15) is 17.1 Å². The SMILES string of the molecule is N#CC1=C(N)OC2=C(C(=O)c3ccccc3C2=O)[C@]12C(=O)Nc1ccccc12. The van der Waals surface area contributed by atoms with E-state index in [4.69, 9.17) is 10.5 Å². The van der Waals surface area contributed by atoms with Gasteiger partial charge in [-0.25, -0.2) is 0 Å². The molecule has 3 N–H and O–H groups in total. The summed E-state index contributed by atoms with van der Waals surface area (Å²) < 4.78 is 5.45. The number of hydrogen-bond donors (Lipinski definition) is 2. The molecular formula is C21H11N3O4. The van der Waals surface area contributed by atoms with E-state index in [0.717, 1.165) is 0 Å². The minimum Gasteiger partial charge on any atom is -0.436 e. The van der Waals surface area contributed by atoms with Crippen LogP contribution in [0.5, 0.6) is 0 Å². The third-order valence-corrected chi connectivity index (χ3v) is 5.32. The number of carbonyl (C=O) groups excluding carboxylic acids is 3. The van der Waals surface area contributed by atoms with Crippen LogP contribution in [-0.4, -0.2) is 17.5 Å². The van der Waals surface area contributed by atoms with E-state index in [9.17, 15) is 19.6 Å². The number of Topliss-reactive ketones (excluding diaryl/α,β-unsaturated/α-hetero) is 2. The molecule has 1 spiro atoms. The van der Waals surface area contributed by atoms with Crippen LogP contribution in [0.15, 0.2) is 71.3 Å². The number of allylic oxidation sites excluding steroid dienone is 1. The molecule has 5 rings (SSSR count). The number of amides is 1. The fourth-order valence-electron chi connectivity index (χ4n) is 4.15. The Morgan fingerprint density at radius 2 is 1.61 bits per heavy atom. The van der Waals surface area contributed by atoms with E-state index in [2.05, 4.69) is 5.32 Å². The van der Waals surface area contributed by atoms with Crippen LogP contribution in [0, 0.1) is 11.3 Å². The smallest absolute Gasteiger partial charge is 0.245 e. The van der Waals surface area contributed by atoms with Crippen molar-refractivity contribution in [3.63, 3.8) is 0 Å². The number of nitrogens with one attached hydrogen (secondary N) is 1. The van der Waals surface area contributed by atoms with Crippen LogP contribution < -0.4 is 11.1 Å². The Labute approximate surface area is 158 Å². The van der Waals surface area contributed by atoms with Gasteiger partial charge in [-0.05, 0) is 6.07 Å². The molecule has 0 fully saturated rings. The van der Waals surface area contributed by atoms with E-state index in [1.165, 1.54) is 12.1 Å². The second-order valence-electron chi connectivity index (χ2n) is 6.61. The van der Waals surface area contributed by atoms with Crippen LogP contribution in [-0.2, 0) is 14.9 Å². The minimum atomic E-state index is -1.83. The van der Waals surface area contributed by atoms with Gasteiger partial charge >= 0.3 is 0 Å². The fourth-order valence-corrected chi connectivity index (χ4v) is 4.15. The van der Waals surface area contributed by atoms with Crippen molar-refractivity contribution in [1.29, 1.82) is 5.26 Å². The van der Waals surface area contributed by atoms with E-state index in [1.54, 1.807) is 36.4 Å². The van der Waals surface area contributed by atoms with Crippen molar-refractivity contribution in [2.24, 2.45) is 5.73 Å². The molecule has 2 heterocycles. The molecular weight excluding hydrogens is 358 g/mol. The number of nitrogens with zero attached hydrogens (tertiary/aromatic N) is 1. The molecule has 7 nitrogen and oxygen atoms in total. The van der Waals surface area contributed by atoms with Crippen molar-refractivity contribution >= 4 is 23.2 Å². The molecule has 134 valence electrons. The molecule has 0 radical (unpaired) electrons. The molecule has 1 atom stereocenters. The predicted octanol–water partition coefficient (Wildman–Crippen LogP) is 1.93. The molecule has 1 aliphatic carbocycles.